The third-order valence-corrected chi connectivity index (χ3v) is 3.88. The Balaban J connectivity index is 1.99. The second kappa shape index (κ2) is 5.24. The van der Waals surface area contributed by atoms with Crippen LogP contribution in [0, 0.1) is 11.3 Å². The molecule has 18 heavy (non-hydrogen) atoms. The Morgan fingerprint density at radius 1 is 1.39 bits per heavy atom. The first-order chi connectivity index (χ1) is 8.60. The van der Waals surface area contributed by atoms with Crippen molar-refractivity contribution in [3.8, 4) is 0 Å². The highest BCUT2D eigenvalue weighted by Crippen LogP contribution is 2.39. The lowest BCUT2D eigenvalue weighted by atomic mass is 9.71. The van der Waals surface area contributed by atoms with Gasteiger partial charge in [-0.3, -0.25) is 9.59 Å². The molecular weight excluding hydrogens is 236 g/mol. The topological polar surface area (TPSA) is 87.7 Å². The molecular formula is C12H20N2O4. The number of ether oxygens (including phenoxy) is 1. The SMILES string of the molecule is CCCCOC(=O)C1NCC2(CNC2)C1C(=O)O. The number of carboxylic acids is 1. The molecule has 102 valence electrons. The van der Waals surface area contributed by atoms with E-state index >= 15 is 0 Å². The van der Waals surface area contributed by atoms with Gasteiger partial charge in [-0.15, -0.1) is 0 Å². The first-order valence-electron chi connectivity index (χ1n) is 6.44. The van der Waals surface area contributed by atoms with Gasteiger partial charge in [0.05, 0.1) is 12.5 Å². The maximum Gasteiger partial charge on any atom is 0.324 e. The molecule has 2 fully saturated rings. The van der Waals surface area contributed by atoms with E-state index in [2.05, 4.69) is 10.6 Å². The van der Waals surface area contributed by atoms with Gasteiger partial charge < -0.3 is 20.5 Å². The molecule has 0 aromatic carbocycles. The smallest absolute Gasteiger partial charge is 0.324 e. The summed E-state index contributed by atoms with van der Waals surface area (Å²) >= 11 is 0. The van der Waals surface area contributed by atoms with E-state index in [-0.39, 0.29) is 5.41 Å². The third-order valence-electron chi connectivity index (χ3n) is 3.88. The van der Waals surface area contributed by atoms with Crippen LogP contribution in [0.25, 0.3) is 0 Å². The molecule has 3 N–H and O–H groups in total. The molecule has 0 aromatic heterocycles. The van der Waals surface area contributed by atoms with Crippen molar-refractivity contribution in [1.29, 1.82) is 0 Å². The highest BCUT2D eigenvalue weighted by atomic mass is 16.5. The summed E-state index contributed by atoms with van der Waals surface area (Å²) in [7, 11) is 0. The number of carboxylic acid groups (broad SMARTS) is 1. The molecule has 0 bridgehead atoms. The molecule has 1 spiro atoms. The van der Waals surface area contributed by atoms with Gasteiger partial charge in [0.15, 0.2) is 0 Å². The maximum absolute atomic E-state index is 11.9. The number of unbranched alkanes of at least 4 members (excludes halogenated alkanes) is 1. The number of hydrogen-bond donors (Lipinski definition) is 3. The standard InChI is InChI=1S/C12H20N2O4/c1-2-3-4-18-11(17)9-8(10(15)16)12(7-14-9)5-13-6-12/h8-9,13-14H,2-7H2,1H3,(H,15,16). The summed E-state index contributed by atoms with van der Waals surface area (Å²) in [6.45, 7) is 4.23. The largest absolute Gasteiger partial charge is 0.481 e. The monoisotopic (exact) mass is 256 g/mol. The first-order valence-corrected chi connectivity index (χ1v) is 6.44. The number of carbonyl (C=O) groups is 2. The molecule has 6 heteroatoms. The van der Waals surface area contributed by atoms with Gasteiger partial charge in [0.2, 0.25) is 0 Å². The molecule has 2 saturated heterocycles. The minimum absolute atomic E-state index is 0.319. The van der Waals surface area contributed by atoms with Crippen LogP contribution in [0.3, 0.4) is 0 Å². The quantitative estimate of drug-likeness (QED) is 0.458. The van der Waals surface area contributed by atoms with Crippen molar-refractivity contribution in [2.75, 3.05) is 26.2 Å². The van der Waals surface area contributed by atoms with Crippen LogP contribution >= 0.6 is 0 Å². The van der Waals surface area contributed by atoms with Crippen molar-refractivity contribution in [2.24, 2.45) is 11.3 Å². The zero-order valence-electron chi connectivity index (χ0n) is 10.6. The highest BCUT2D eigenvalue weighted by molar-refractivity contribution is 5.85. The van der Waals surface area contributed by atoms with Crippen molar-refractivity contribution in [3.63, 3.8) is 0 Å². The lowest BCUT2D eigenvalue weighted by molar-refractivity contribution is -0.157. The fourth-order valence-corrected chi connectivity index (χ4v) is 2.72. The van der Waals surface area contributed by atoms with Gasteiger partial charge >= 0.3 is 11.9 Å². The van der Waals surface area contributed by atoms with E-state index in [1.807, 2.05) is 6.92 Å². The number of rotatable bonds is 5. The normalized spacial score (nSPS) is 28.9. The predicted molar refractivity (Wildman–Crippen MR) is 64.1 cm³/mol. The number of aliphatic carboxylic acids is 1. The van der Waals surface area contributed by atoms with Gasteiger partial charge in [0, 0.05) is 25.0 Å². The Labute approximate surface area is 106 Å². The molecule has 0 saturated carbocycles. The molecule has 0 aromatic rings. The maximum atomic E-state index is 11.9. The third kappa shape index (κ3) is 2.22. The van der Waals surface area contributed by atoms with E-state index in [0.717, 1.165) is 12.8 Å². The Morgan fingerprint density at radius 2 is 2.11 bits per heavy atom. The molecule has 2 atom stereocenters. The first kappa shape index (κ1) is 13.3. The lowest BCUT2D eigenvalue weighted by Gasteiger charge is -2.42. The van der Waals surface area contributed by atoms with Crippen molar-refractivity contribution < 1.29 is 19.4 Å². The van der Waals surface area contributed by atoms with Crippen LogP contribution in [-0.2, 0) is 14.3 Å². The van der Waals surface area contributed by atoms with Crippen molar-refractivity contribution in [3.05, 3.63) is 0 Å². The van der Waals surface area contributed by atoms with E-state index in [9.17, 15) is 14.7 Å². The summed E-state index contributed by atoms with van der Waals surface area (Å²) in [5.74, 6) is -2.04. The summed E-state index contributed by atoms with van der Waals surface area (Å²) in [6, 6.07) is -0.707. The Morgan fingerprint density at radius 3 is 2.61 bits per heavy atom. The van der Waals surface area contributed by atoms with Gasteiger partial charge in [0.1, 0.15) is 6.04 Å². The highest BCUT2D eigenvalue weighted by Gasteiger charge is 2.58. The minimum Gasteiger partial charge on any atom is -0.481 e. The zero-order chi connectivity index (χ0) is 13.2. The van der Waals surface area contributed by atoms with Crippen LogP contribution < -0.4 is 10.6 Å². The molecule has 0 amide bonds. The van der Waals surface area contributed by atoms with Crippen LogP contribution in [0.5, 0.6) is 0 Å². The number of carbonyl (C=O) groups excluding carboxylic acids is 1. The molecule has 6 nitrogen and oxygen atoms in total. The van der Waals surface area contributed by atoms with E-state index in [4.69, 9.17) is 4.74 Å². The number of hydrogen-bond acceptors (Lipinski definition) is 5. The van der Waals surface area contributed by atoms with Crippen LogP contribution in [-0.4, -0.2) is 49.3 Å². The number of nitrogens with one attached hydrogen (secondary N) is 2. The van der Waals surface area contributed by atoms with Crippen LogP contribution in [0.1, 0.15) is 19.8 Å². The van der Waals surface area contributed by atoms with E-state index in [0.29, 0.717) is 26.2 Å². The summed E-state index contributed by atoms with van der Waals surface area (Å²) < 4.78 is 5.12. The van der Waals surface area contributed by atoms with Gasteiger partial charge in [-0.1, -0.05) is 13.3 Å². The van der Waals surface area contributed by atoms with Crippen molar-refractivity contribution in [2.45, 2.75) is 25.8 Å². The predicted octanol–water partition coefficient (Wildman–Crippen LogP) is -0.408. The van der Waals surface area contributed by atoms with Crippen LogP contribution in [0.15, 0.2) is 0 Å². The van der Waals surface area contributed by atoms with E-state index < -0.39 is 23.9 Å². The second-order valence-electron chi connectivity index (χ2n) is 5.16. The fourth-order valence-electron chi connectivity index (χ4n) is 2.72. The molecule has 2 rings (SSSR count). The van der Waals surface area contributed by atoms with Crippen molar-refractivity contribution in [1.82, 2.24) is 10.6 Å². The van der Waals surface area contributed by atoms with Gasteiger partial charge in [-0.05, 0) is 6.42 Å². The molecule has 0 aliphatic carbocycles. The van der Waals surface area contributed by atoms with Crippen molar-refractivity contribution >= 4 is 11.9 Å². The van der Waals surface area contributed by atoms with E-state index in [1.165, 1.54) is 0 Å². The zero-order valence-corrected chi connectivity index (χ0v) is 10.6. The lowest BCUT2D eigenvalue weighted by Crippen LogP contribution is -2.60. The van der Waals surface area contributed by atoms with Gasteiger partial charge in [0.25, 0.3) is 0 Å². The molecule has 2 aliphatic heterocycles. The molecule has 0 radical (unpaired) electrons. The summed E-state index contributed by atoms with van der Waals surface area (Å²) in [4.78, 5) is 23.3. The molecule has 2 unspecified atom stereocenters. The fraction of sp³-hybridized carbons (Fsp3) is 0.833. The second-order valence-corrected chi connectivity index (χ2v) is 5.16. The minimum atomic E-state index is -0.918. The van der Waals surface area contributed by atoms with E-state index in [1.54, 1.807) is 0 Å². The Hall–Kier alpha value is -1.14. The summed E-state index contributed by atoms with van der Waals surface area (Å²) in [5.41, 5.74) is -0.319. The summed E-state index contributed by atoms with van der Waals surface area (Å²) in [5, 5.41) is 15.4. The average molecular weight is 256 g/mol. The van der Waals surface area contributed by atoms with Gasteiger partial charge in [-0.25, -0.2) is 0 Å². The summed E-state index contributed by atoms with van der Waals surface area (Å²) in [6.07, 6.45) is 1.75. The Kier molecular flexibility index (Phi) is 3.87. The van der Waals surface area contributed by atoms with Gasteiger partial charge in [-0.2, -0.15) is 0 Å². The average Bonchev–Trinajstić information content (AvgIpc) is 2.69. The van der Waals surface area contributed by atoms with Crippen LogP contribution in [0.4, 0.5) is 0 Å². The molecule has 2 aliphatic rings. The molecule has 2 heterocycles. The Bertz CT molecular complexity index is 341. The van der Waals surface area contributed by atoms with Crippen LogP contribution in [0.2, 0.25) is 0 Å². The number of esters is 1.